The summed E-state index contributed by atoms with van der Waals surface area (Å²) in [5, 5.41) is 0. The number of hydrogen-bond donors (Lipinski definition) is 1. The van der Waals surface area contributed by atoms with Gasteiger partial charge >= 0.3 is 5.97 Å². The topological polar surface area (TPSA) is 89.7 Å². The van der Waals surface area contributed by atoms with E-state index >= 15 is 0 Å². The van der Waals surface area contributed by atoms with Crippen LogP contribution in [0.15, 0.2) is 30.3 Å². The monoisotopic (exact) mass is 336 g/mol. The summed E-state index contributed by atoms with van der Waals surface area (Å²) in [6, 6.07) is 7.31. The van der Waals surface area contributed by atoms with E-state index in [-0.39, 0.29) is 11.8 Å². The highest BCUT2D eigenvalue weighted by molar-refractivity contribution is 7.93. The van der Waals surface area contributed by atoms with Gasteiger partial charge in [0, 0.05) is 30.9 Å². The SMILES string of the molecule is COC(=O)/C=C/c1ccccc1N1CC2(CC(N)CS2(=O)=O)C1. The molecule has 2 aliphatic rings. The van der Waals surface area contributed by atoms with Crippen LogP contribution in [0.1, 0.15) is 12.0 Å². The van der Waals surface area contributed by atoms with Crippen molar-refractivity contribution in [2.24, 2.45) is 5.73 Å². The lowest BCUT2D eigenvalue weighted by atomic mass is 9.91. The average molecular weight is 336 g/mol. The van der Waals surface area contributed by atoms with Gasteiger partial charge in [-0.3, -0.25) is 0 Å². The fraction of sp³-hybridized carbons (Fsp3) is 0.438. The fourth-order valence-corrected chi connectivity index (χ4v) is 5.62. The Morgan fingerprint density at radius 1 is 1.39 bits per heavy atom. The summed E-state index contributed by atoms with van der Waals surface area (Å²) in [4.78, 5) is 13.3. The maximum absolute atomic E-state index is 12.3. The number of rotatable bonds is 3. The third-order valence-corrected chi connectivity index (χ3v) is 7.17. The Labute approximate surface area is 135 Å². The Hall–Kier alpha value is -1.86. The molecule has 2 heterocycles. The largest absolute Gasteiger partial charge is 0.466 e. The zero-order valence-corrected chi connectivity index (χ0v) is 13.8. The molecule has 2 fully saturated rings. The Kier molecular flexibility index (Phi) is 3.93. The molecule has 1 aromatic rings. The van der Waals surface area contributed by atoms with E-state index < -0.39 is 20.6 Å². The van der Waals surface area contributed by atoms with Gasteiger partial charge in [-0.05, 0) is 24.1 Å². The predicted octanol–water partition coefficient (Wildman–Crippen LogP) is 0.577. The molecule has 0 aliphatic carbocycles. The molecule has 1 unspecified atom stereocenters. The molecule has 7 heteroatoms. The highest BCUT2D eigenvalue weighted by Gasteiger charge is 2.58. The van der Waals surface area contributed by atoms with Gasteiger partial charge in [0.05, 0.1) is 12.9 Å². The highest BCUT2D eigenvalue weighted by atomic mass is 32.2. The molecule has 6 nitrogen and oxygen atoms in total. The van der Waals surface area contributed by atoms with E-state index in [0.717, 1.165) is 11.3 Å². The minimum atomic E-state index is -3.14. The van der Waals surface area contributed by atoms with E-state index in [0.29, 0.717) is 19.5 Å². The van der Waals surface area contributed by atoms with Crippen LogP contribution >= 0.6 is 0 Å². The number of carbonyl (C=O) groups is 1. The molecule has 124 valence electrons. The summed E-state index contributed by atoms with van der Waals surface area (Å²) < 4.78 is 28.5. The van der Waals surface area contributed by atoms with Gasteiger partial charge in [0.1, 0.15) is 4.75 Å². The van der Waals surface area contributed by atoms with Crippen LogP contribution < -0.4 is 10.6 Å². The zero-order valence-electron chi connectivity index (χ0n) is 12.9. The Bertz CT molecular complexity index is 751. The standard InChI is InChI=1S/C16H20N2O4S/c1-22-15(19)7-6-12-4-2-3-5-14(12)18-10-16(11-18)8-13(17)9-23(16,20)21/h2-7,13H,8-11,17H2,1H3/b7-6+. The second-order valence-corrected chi connectivity index (χ2v) is 8.63. The number of carbonyl (C=O) groups excluding carboxylic acids is 1. The summed E-state index contributed by atoms with van der Waals surface area (Å²) in [5.74, 6) is -0.353. The number of anilines is 1. The van der Waals surface area contributed by atoms with Crippen LogP contribution in [0.3, 0.4) is 0 Å². The van der Waals surface area contributed by atoms with Crippen molar-refractivity contribution in [3.05, 3.63) is 35.9 Å². The number of para-hydroxylation sites is 1. The minimum Gasteiger partial charge on any atom is -0.466 e. The number of sulfone groups is 1. The number of benzene rings is 1. The highest BCUT2D eigenvalue weighted by Crippen LogP contribution is 2.42. The molecular formula is C16H20N2O4S. The van der Waals surface area contributed by atoms with Crippen LogP contribution in [0.25, 0.3) is 6.08 Å². The predicted molar refractivity (Wildman–Crippen MR) is 88.8 cm³/mol. The average Bonchev–Trinajstić information content (AvgIpc) is 2.72. The molecule has 3 rings (SSSR count). The third kappa shape index (κ3) is 2.74. The molecule has 1 atom stereocenters. The van der Waals surface area contributed by atoms with Gasteiger partial charge < -0.3 is 15.4 Å². The number of ether oxygens (including phenoxy) is 1. The first-order valence-electron chi connectivity index (χ1n) is 7.45. The number of hydrogen-bond acceptors (Lipinski definition) is 6. The van der Waals surface area contributed by atoms with Crippen molar-refractivity contribution in [1.82, 2.24) is 0 Å². The van der Waals surface area contributed by atoms with Crippen LogP contribution in [0, 0.1) is 0 Å². The molecule has 0 amide bonds. The van der Waals surface area contributed by atoms with Crippen molar-refractivity contribution in [1.29, 1.82) is 0 Å². The summed E-state index contributed by atoms with van der Waals surface area (Å²) in [7, 11) is -1.82. The van der Waals surface area contributed by atoms with Crippen LogP contribution in [-0.2, 0) is 19.4 Å². The molecule has 1 spiro atoms. The van der Waals surface area contributed by atoms with Gasteiger partial charge in [-0.2, -0.15) is 0 Å². The lowest BCUT2D eigenvalue weighted by molar-refractivity contribution is -0.134. The van der Waals surface area contributed by atoms with Crippen molar-refractivity contribution >= 4 is 27.6 Å². The first-order valence-corrected chi connectivity index (χ1v) is 9.10. The summed E-state index contributed by atoms with van der Waals surface area (Å²) >= 11 is 0. The van der Waals surface area contributed by atoms with Crippen molar-refractivity contribution in [3.8, 4) is 0 Å². The first kappa shape index (κ1) is 16.0. The van der Waals surface area contributed by atoms with E-state index in [4.69, 9.17) is 5.73 Å². The van der Waals surface area contributed by atoms with Gasteiger partial charge in [0.25, 0.3) is 0 Å². The second-order valence-electron chi connectivity index (χ2n) is 6.20. The van der Waals surface area contributed by atoms with Crippen molar-refractivity contribution in [2.45, 2.75) is 17.2 Å². The molecular weight excluding hydrogens is 316 g/mol. The molecule has 1 aromatic carbocycles. The van der Waals surface area contributed by atoms with Crippen molar-refractivity contribution < 1.29 is 17.9 Å². The molecule has 0 bridgehead atoms. The van der Waals surface area contributed by atoms with E-state index in [1.165, 1.54) is 13.2 Å². The molecule has 23 heavy (non-hydrogen) atoms. The van der Waals surface area contributed by atoms with E-state index in [1.807, 2.05) is 29.2 Å². The molecule has 2 saturated heterocycles. The quantitative estimate of drug-likeness (QED) is 0.641. The molecule has 0 saturated carbocycles. The maximum Gasteiger partial charge on any atom is 0.330 e. The summed E-state index contributed by atoms with van der Waals surface area (Å²) in [6.07, 6.45) is 3.56. The number of esters is 1. The zero-order chi connectivity index (χ0) is 16.7. The summed E-state index contributed by atoms with van der Waals surface area (Å²) in [6.45, 7) is 0.901. The second kappa shape index (κ2) is 5.65. The number of methoxy groups -OCH3 is 1. The van der Waals surface area contributed by atoms with Gasteiger partial charge in [-0.1, -0.05) is 18.2 Å². The Balaban J connectivity index is 1.81. The molecule has 0 radical (unpaired) electrons. The summed E-state index contributed by atoms with van der Waals surface area (Å²) in [5.41, 5.74) is 7.61. The Morgan fingerprint density at radius 2 is 2.09 bits per heavy atom. The lowest BCUT2D eigenvalue weighted by Crippen LogP contribution is -2.64. The molecule has 2 aliphatic heterocycles. The van der Waals surface area contributed by atoms with Crippen LogP contribution in [0.4, 0.5) is 5.69 Å². The number of nitrogens with zero attached hydrogens (tertiary/aromatic N) is 1. The Morgan fingerprint density at radius 3 is 2.70 bits per heavy atom. The third-order valence-electron chi connectivity index (χ3n) is 4.56. The normalized spacial score (nSPS) is 24.8. The van der Waals surface area contributed by atoms with Crippen molar-refractivity contribution in [3.63, 3.8) is 0 Å². The lowest BCUT2D eigenvalue weighted by Gasteiger charge is -2.48. The van der Waals surface area contributed by atoms with Crippen molar-refractivity contribution in [2.75, 3.05) is 30.9 Å². The van der Waals surface area contributed by atoms with E-state index in [2.05, 4.69) is 4.74 Å². The smallest absolute Gasteiger partial charge is 0.330 e. The van der Waals surface area contributed by atoms with Crippen LogP contribution in [-0.4, -0.2) is 51.1 Å². The van der Waals surface area contributed by atoms with Gasteiger partial charge in [-0.15, -0.1) is 0 Å². The first-order chi connectivity index (χ1) is 10.9. The van der Waals surface area contributed by atoms with Gasteiger partial charge in [-0.25, -0.2) is 13.2 Å². The maximum atomic E-state index is 12.3. The van der Waals surface area contributed by atoms with Gasteiger partial charge in [0.15, 0.2) is 9.84 Å². The fourth-order valence-electron chi connectivity index (χ4n) is 3.41. The van der Waals surface area contributed by atoms with E-state index in [9.17, 15) is 13.2 Å². The molecule has 2 N–H and O–H groups in total. The van der Waals surface area contributed by atoms with E-state index in [1.54, 1.807) is 6.08 Å². The van der Waals surface area contributed by atoms with Crippen LogP contribution in [0.2, 0.25) is 0 Å². The van der Waals surface area contributed by atoms with Gasteiger partial charge in [0.2, 0.25) is 0 Å². The number of nitrogens with two attached hydrogens (primary N) is 1. The molecule has 0 aromatic heterocycles. The minimum absolute atomic E-state index is 0.0741. The van der Waals surface area contributed by atoms with Crippen LogP contribution in [0.5, 0.6) is 0 Å².